The molecule has 0 aromatic heterocycles. The summed E-state index contributed by atoms with van der Waals surface area (Å²) in [5.41, 5.74) is -1.22. The highest BCUT2D eigenvalue weighted by Gasteiger charge is 2.58. The van der Waals surface area contributed by atoms with Crippen LogP contribution in [0.1, 0.15) is 31.2 Å². The van der Waals surface area contributed by atoms with E-state index in [0.29, 0.717) is 25.2 Å². The molecule has 2 N–H and O–H groups in total. The molecule has 2 aliphatic carbocycles. The van der Waals surface area contributed by atoms with Crippen molar-refractivity contribution in [2.24, 2.45) is 23.7 Å². The fourth-order valence-electron chi connectivity index (χ4n) is 5.95. The van der Waals surface area contributed by atoms with Crippen molar-refractivity contribution in [3.8, 4) is 0 Å². The molecule has 0 bridgehead atoms. The van der Waals surface area contributed by atoms with Gasteiger partial charge in [-0.3, -0.25) is 14.9 Å². The van der Waals surface area contributed by atoms with Gasteiger partial charge >= 0.3 is 0 Å². The second kappa shape index (κ2) is 9.00. The molecule has 10 heteroatoms. The zero-order valence-electron chi connectivity index (χ0n) is 19.2. The number of piperidine rings is 1. The van der Waals surface area contributed by atoms with Gasteiger partial charge in [0.2, 0.25) is 10.0 Å². The normalized spacial score (nSPS) is 26.1. The van der Waals surface area contributed by atoms with E-state index in [1.165, 1.54) is 22.5 Å². The zero-order valence-corrected chi connectivity index (χ0v) is 20.1. The number of sulfonamides is 1. The van der Waals surface area contributed by atoms with Gasteiger partial charge in [0.05, 0.1) is 9.82 Å². The van der Waals surface area contributed by atoms with E-state index in [-0.39, 0.29) is 40.2 Å². The summed E-state index contributed by atoms with van der Waals surface area (Å²) in [7, 11) is -3.82. The zero-order chi connectivity index (χ0) is 24.8. The summed E-state index contributed by atoms with van der Waals surface area (Å²) < 4.78 is 27.3. The van der Waals surface area contributed by atoms with E-state index >= 15 is 0 Å². The van der Waals surface area contributed by atoms with Gasteiger partial charge in [-0.25, -0.2) is 8.42 Å². The monoisotopic (exact) mass is 499 g/mol. The van der Waals surface area contributed by atoms with Crippen molar-refractivity contribution in [1.82, 2.24) is 9.62 Å². The third-order valence-corrected chi connectivity index (χ3v) is 9.84. The number of nitro groups is 1. The lowest BCUT2D eigenvalue weighted by Gasteiger charge is -2.33. The van der Waals surface area contributed by atoms with Gasteiger partial charge in [-0.1, -0.05) is 49.2 Å². The van der Waals surface area contributed by atoms with Crippen LogP contribution in [-0.4, -0.2) is 48.3 Å². The van der Waals surface area contributed by atoms with Crippen LogP contribution in [0.2, 0.25) is 0 Å². The van der Waals surface area contributed by atoms with Gasteiger partial charge < -0.3 is 10.4 Å². The average Bonchev–Trinajstić information content (AvgIpc) is 3.26. The molecule has 2 aromatic carbocycles. The lowest BCUT2D eigenvalue weighted by Crippen LogP contribution is -2.49. The summed E-state index contributed by atoms with van der Waals surface area (Å²) in [6, 6.07) is 14.2. The van der Waals surface area contributed by atoms with E-state index in [0.717, 1.165) is 31.7 Å². The molecule has 2 unspecified atom stereocenters. The summed E-state index contributed by atoms with van der Waals surface area (Å²) in [6.07, 6.45) is 3.60. The minimum atomic E-state index is -3.82. The van der Waals surface area contributed by atoms with Crippen LogP contribution < -0.4 is 5.32 Å². The predicted octanol–water partition coefficient (Wildman–Crippen LogP) is 2.66. The fourth-order valence-corrected chi connectivity index (χ4v) is 7.50. The fraction of sp³-hybridized carbons (Fsp3) is 0.480. The molecule has 3 fully saturated rings. The van der Waals surface area contributed by atoms with Crippen molar-refractivity contribution in [3.63, 3.8) is 0 Å². The summed E-state index contributed by atoms with van der Waals surface area (Å²) in [5, 5.41) is 25.6. The van der Waals surface area contributed by atoms with Gasteiger partial charge in [0, 0.05) is 37.7 Å². The average molecular weight is 500 g/mol. The lowest BCUT2D eigenvalue weighted by molar-refractivity contribution is -0.385. The Kier molecular flexibility index (Phi) is 6.14. The van der Waals surface area contributed by atoms with Crippen molar-refractivity contribution >= 4 is 21.6 Å². The third kappa shape index (κ3) is 4.23. The van der Waals surface area contributed by atoms with E-state index in [1.54, 1.807) is 12.1 Å². The number of nitrogens with one attached hydrogen (secondary N) is 1. The lowest BCUT2D eigenvalue weighted by atomic mass is 9.79. The number of aliphatic hydroxyl groups is 1. The van der Waals surface area contributed by atoms with Crippen LogP contribution in [0.15, 0.2) is 59.5 Å². The van der Waals surface area contributed by atoms with Crippen LogP contribution in [0.25, 0.3) is 0 Å². The first-order valence-corrected chi connectivity index (χ1v) is 13.5. The van der Waals surface area contributed by atoms with Crippen LogP contribution in [0, 0.1) is 33.8 Å². The molecule has 0 spiro atoms. The maximum atomic E-state index is 13.3. The Hall–Kier alpha value is -2.82. The van der Waals surface area contributed by atoms with E-state index in [9.17, 15) is 28.4 Å². The maximum absolute atomic E-state index is 13.3. The van der Waals surface area contributed by atoms with Gasteiger partial charge in [0.15, 0.2) is 5.60 Å². The summed E-state index contributed by atoms with van der Waals surface area (Å²) in [5.74, 6) is -0.111. The number of rotatable bonds is 8. The quantitative estimate of drug-likeness (QED) is 0.424. The second-order valence-electron chi connectivity index (χ2n) is 9.89. The van der Waals surface area contributed by atoms with Crippen molar-refractivity contribution in [2.45, 2.75) is 36.2 Å². The number of carbonyl (C=O) groups excluding carboxylic acids is 1. The number of hydrogen-bond acceptors (Lipinski definition) is 6. The van der Waals surface area contributed by atoms with Crippen LogP contribution in [0.5, 0.6) is 0 Å². The minimum Gasteiger partial charge on any atom is -0.375 e. The molecule has 1 aliphatic heterocycles. The number of nitro benzene ring substituents is 1. The minimum absolute atomic E-state index is 0.0812. The Morgan fingerprint density at radius 3 is 2.37 bits per heavy atom. The molecule has 3 aliphatic rings. The molecule has 0 radical (unpaired) electrons. The maximum Gasteiger partial charge on any atom is 0.270 e. The van der Waals surface area contributed by atoms with Gasteiger partial charge in [0.25, 0.3) is 11.6 Å². The van der Waals surface area contributed by atoms with Crippen LogP contribution in [-0.2, 0) is 20.4 Å². The van der Waals surface area contributed by atoms with E-state index < -0.39 is 20.5 Å². The summed E-state index contributed by atoms with van der Waals surface area (Å²) in [4.78, 5) is 23.6. The van der Waals surface area contributed by atoms with Gasteiger partial charge in [-0.15, -0.1) is 0 Å². The SMILES string of the molecule is O=C(NC[C@H]1C2CN(S(=O)(=O)c3cccc([N+](=O)[O-])c3)C[C@@H]21)C(O)(c1ccccc1)C1CCCC1. The van der Waals surface area contributed by atoms with Crippen molar-refractivity contribution in [3.05, 3.63) is 70.3 Å². The highest BCUT2D eigenvalue weighted by atomic mass is 32.2. The van der Waals surface area contributed by atoms with Crippen LogP contribution in [0.3, 0.4) is 0 Å². The largest absolute Gasteiger partial charge is 0.375 e. The van der Waals surface area contributed by atoms with Crippen LogP contribution in [0.4, 0.5) is 5.69 Å². The first-order chi connectivity index (χ1) is 16.7. The molecule has 5 rings (SSSR count). The number of hydrogen-bond donors (Lipinski definition) is 2. The van der Waals surface area contributed by atoms with E-state index in [1.807, 2.05) is 18.2 Å². The topological polar surface area (TPSA) is 130 Å². The summed E-state index contributed by atoms with van der Waals surface area (Å²) in [6.45, 7) is 1.03. The molecule has 1 amide bonds. The number of carbonyl (C=O) groups is 1. The molecule has 186 valence electrons. The molecule has 2 aromatic rings. The Morgan fingerprint density at radius 1 is 1.09 bits per heavy atom. The number of fused-ring (bicyclic) bond motifs is 1. The van der Waals surface area contributed by atoms with E-state index in [4.69, 9.17) is 0 Å². The van der Waals surface area contributed by atoms with Gasteiger partial charge in [-0.2, -0.15) is 4.31 Å². The van der Waals surface area contributed by atoms with Crippen LogP contribution >= 0.6 is 0 Å². The molecule has 1 heterocycles. The Balaban J connectivity index is 1.22. The number of benzene rings is 2. The van der Waals surface area contributed by atoms with Gasteiger partial charge in [0.1, 0.15) is 0 Å². The van der Waals surface area contributed by atoms with Crippen molar-refractivity contribution in [1.29, 1.82) is 0 Å². The molecule has 2 saturated carbocycles. The molecule has 9 nitrogen and oxygen atoms in total. The Bertz CT molecular complexity index is 1220. The number of amides is 1. The van der Waals surface area contributed by atoms with Crippen molar-refractivity contribution in [2.75, 3.05) is 19.6 Å². The number of non-ortho nitro benzene ring substituents is 1. The Labute approximate surface area is 204 Å². The number of nitrogens with zero attached hydrogens (tertiary/aromatic N) is 2. The predicted molar refractivity (Wildman–Crippen MR) is 128 cm³/mol. The second-order valence-corrected chi connectivity index (χ2v) is 11.8. The first kappa shape index (κ1) is 23.9. The van der Waals surface area contributed by atoms with Crippen molar-refractivity contribution < 1.29 is 23.2 Å². The first-order valence-electron chi connectivity index (χ1n) is 12.0. The smallest absolute Gasteiger partial charge is 0.270 e. The molecule has 35 heavy (non-hydrogen) atoms. The Morgan fingerprint density at radius 2 is 1.74 bits per heavy atom. The van der Waals surface area contributed by atoms with E-state index in [2.05, 4.69) is 5.32 Å². The highest BCUT2D eigenvalue weighted by molar-refractivity contribution is 7.89. The molecular formula is C25H29N3O6S. The standard InChI is InChI=1S/C25H29N3O6S/c29-24(25(30,18-9-4-5-10-18)17-7-2-1-3-8-17)26-14-21-22-15-27(16-23(21)22)35(33,34)20-12-6-11-19(13-20)28(31)32/h1-3,6-8,11-13,18,21-23,30H,4-5,9-10,14-16H2,(H,26,29)/t21-,22-,23?,25?/m1/s1. The molecule has 1 saturated heterocycles. The third-order valence-electron chi connectivity index (χ3n) is 8.01. The molecule has 4 atom stereocenters. The van der Waals surface area contributed by atoms with Gasteiger partial charge in [-0.05, 0) is 42.2 Å². The summed E-state index contributed by atoms with van der Waals surface area (Å²) >= 11 is 0. The highest BCUT2D eigenvalue weighted by Crippen LogP contribution is 2.52. The molecular weight excluding hydrogens is 470 g/mol.